The van der Waals surface area contributed by atoms with E-state index >= 15 is 14.4 Å². The van der Waals surface area contributed by atoms with Crippen LogP contribution >= 0.6 is 0 Å². The fourth-order valence-electron chi connectivity index (χ4n) is 11.0. The first-order valence-corrected chi connectivity index (χ1v) is 32.2. The Labute approximate surface area is 546 Å². The standard InChI is InChI=1S/C65H95N21O8/c1-2-3-4-5-6-28-55(87)74-29-14-13-25-49(56(67)88)81-60(92)53(34-40-37-79-47-23-11-8-19-43(40)47)85-58(90)51(27-17-32-77-65(72)73)83-62(94)54(35-41-38-80-48-24-12-9-20-44(41)48)86-59(91)50(26-16-31-76-64(70)71)82-61(93)52(33-39-36-78-46-22-10-7-18-42(39)46)84-57(89)45(66)21-15-30-75-63(68)69/h7-12,18-20,22-24,36-38,45,49-54,78-80H,2-6,13-17,21,25-35,66H2,1H3,(H2,67,88)(H,74,87)(H,81,92)(H,82,93)(H,83,94)(H,84,89)(H,85,90)(H,86,91)(H4,68,69,75)(H4,70,71,76)(H4,72,73,77)/t45-,49+,50-,51+,52-,53-,54-/m1/s1. The Morgan fingerprint density at radius 1 is 0.404 bits per heavy atom. The Morgan fingerprint density at radius 2 is 0.755 bits per heavy atom. The number of amides is 8. The fourth-order valence-corrected chi connectivity index (χ4v) is 11.0. The Balaban J connectivity index is 1.28. The molecule has 26 N–H and O–H groups in total. The van der Waals surface area contributed by atoms with Crippen LogP contribution in [0.1, 0.15) is 120 Å². The van der Waals surface area contributed by atoms with Gasteiger partial charge >= 0.3 is 0 Å². The number of guanidine groups is 3. The summed E-state index contributed by atoms with van der Waals surface area (Å²) in [7, 11) is 0. The molecule has 0 aliphatic rings. The van der Waals surface area contributed by atoms with Crippen LogP contribution in [0.2, 0.25) is 0 Å². The molecule has 0 saturated carbocycles. The molecule has 3 aromatic carbocycles. The Hall–Kier alpha value is -10.2. The number of aromatic nitrogens is 3. The number of aliphatic imine (C=N–C) groups is 3. The van der Waals surface area contributed by atoms with Gasteiger partial charge in [0.2, 0.25) is 47.3 Å². The number of rotatable bonds is 42. The van der Waals surface area contributed by atoms with Gasteiger partial charge in [-0.15, -0.1) is 0 Å². The normalized spacial score (nSPS) is 13.4. The fraction of sp³-hybridized carbons (Fsp3) is 0.462. The van der Waals surface area contributed by atoms with Crippen molar-refractivity contribution in [2.45, 2.75) is 165 Å². The summed E-state index contributed by atoms with van der Waals surface area (Å²) in [5, 5.41) is 22.1. The number of fused-ring (bicyclic) bond motifs is 3. The minimum atomic E-state index is -1.46. The Bertz CT molecular complexity index is 3560. The van der Waals surface area contributed by atoms with Crippen LogP contribution in [-0.4, -0.2) is 149 Å². The van der Waals surface area contributed by atoms with Crippen LogP contribution in [0.25, 0.3) is 32.7 Å². The second-order valence-corrected chi connectivity index (χ2v) is 23.4. The third kappa shape index (κ3) is 23.8. The maximum atomic E-state index is 15.2. The van der Waals surface area contributed by atoms with Gasteiger partial charge in [-0.2, -0.15) is 0 Å². The highest BCUT2D eigenvalue weighted by Gasteiger charge is 2.35. The van der Waals surface area contributed by atoms with Crippen LogP contribution in [-0.2, 0) is 57.6 Å². The number of hydrogen-bond donors (Lipinski definition) is 18. The molecule has 3 heterocycles. The quantitative estimate of drug-likeness (QED) is 0.0142. The summed E-state index contributed by atoms with van der Waals surface area (Å²) in [5.74, 6) is -6.03. The molecule has 0 unspecified atom stereocenters. The van der Waals surface area contributed by atoms with Crippen LogP contribution in [0, 0.1) is 0 Å². The average Bonchev–Trinajstić information content (AvgIpc) is 1.67. The van der Waals surface area contributed by atoms with Crippen molar-refractivity contribution < 1.29 is 38.4 Å². The van der Waals surface area contributed by atoms with Crippen molar-refractivity contribution in [2.75, 3.05) is 26.2 Å². The number of aromatic amines is 3. The van der Waals surface area contributed by atoms with E-state index in [0.29, 0.717) is 48.9 Å². The second kappa shape index (κ2) is 38.0. The summed E-state index contributed by atoms with van der Waals surface area (Å²) in [5.41, 5.74) is 50.1. The maximum Gasteiger partial charge on any atom is 0.243 e. The molecule has 0 aliphatic heterocycles. The topological polar surface area (TPSA) is 513 Å². The van der Waals surface area contributed by atoms with Crippen molar-refractivity contribution in [3.63, 3.8) is 0 Å². The third-order valence-electron chi connectivity index (χ3n) is 16.1. The smallest absolute Gasteiger partial charge is 0.243 e. The number of carbonyl (C=O) groups excluding carboxylic acids is 8. The average molecular weight is 1300 g/mol. The molecule has 0 spiro atoms. The monoisotopic (exact) mass is 1300 g/mol. The Morgan fingerprint density at radius 3 is 1.16 bits per heavy atom. The van der Waals surface area contributed by atoms with Gasteiger partial charge in [0.15, 0.2) is 17.9 Å². The van der Waals surface area contributed by atoms with Gasteiger partial charge in [-0.1, -0.05) is 87.2 Å². The number of primary amides is 1. The molecular formula is C65H95N21O8. The van der Waals surface area contributed by atoms with Gasteiger partial charge in [0, 0.05) is 103 Å². The molecule has 6 rings (SSSR count). The Kier molecular flexibility index (Phi) is 29.4. The SMILES string of the molecule is CCCCCCCC(=O)NCCCC[C@H](NC(=O)[C@@H](Cc1c[nH]c2ccccc12)NC(=O)[C@H](CCCN=C(N)N)NC(=O)[C@@H](Cc1c[nH]c2ccccc12)NC(=O)[C@@H](CCCN=C(N)N)NC(=O)[C@@H](Cc1c[nH]c2ccccc12)NC(=O)[C@H](N)CCCN=C(N)N)C(N)=O. The second-order valence-electron chi connectivity index (χ2n) is 23.4. The molecule has 0 aliphatic carbocycles. The van der Waals surface area contributed by atoms with Gasteiger partial charge in [0.1, 0.15) is 36.3 Å². The van der Waals surface area contributed by atoms with Crippen molar-refractivity contribution in [3.8, 4) is 0 Å². The molecule has 0 fully saturated rings. The lowest BCUT2D eigenvalue weighted by atomic mass is 10.0. The molecule has 29 heteroatoms. The van der Waals surface area contributed by atoms with E-state index in [-0.39, 0.29) is 101 Å². The van der Waals surface area contributed by atoms with E-state index in [2.05, 4.69) is 74.1 Å². The van der Waals surface area contributed by atoms with Gasteiger partial charge in [-0.05, 0) is 99.1 Å². The van der Waals surface area contributed by atoms with E-state index in [1.165, 1.54) is 0 Å². The molecule has 0 radical (unpaired) electrons. The molecule has 0 saturated heterocycles. The van der Waals surface area contributed by atoms with Gasteiger partial charge in [0.25, 0.3) is 0 Å². The molecule has 6 aromatic rings. The van der Waals surface area contributed by atoms with Crippen molar-refractivity contribution in [1.29, 1.82) is 0 Å². The summed E-state index contributed by atoms with van der Waals surface area (Å²) in [6.45, 7) is 2.79. The van der Waals surface area contributed by atoms with Crippen molar-refractivity contribution in [2.24, 2.45) is 60.8 Å². The minimum absolute atomic E-state index is 0.0358. The van der Waals surface area contributed by atoms with Crippen LogP contribution in [0.5, 0.6) is 0 Å². The van der Waals surface area contributed by atoms with E-state index < -0.39 is 83.6 Å². The molecule has 7 atom stereocenters. The molecule has 94 heavy (non-hydrogen) atoms. The van der Waals surface area contributed by atoms with Crippen LogP contribution < -0.4 is 83.1 Å². The minimum Gasteiger partial charge on any atom is -0.370 e. The molecule has 508 valence electrons. The van der Waals surface area contributed by atoms with Gasteiger partial charge < -0.3 is 98.0 Å². The summed E-state index contributed by atoms with van der Waals surface area (Å²) in [6, 6.07) is 12.9. The third-order valence-corrected chi connectivity index (χ3v) is 16.1. The van der Waals surface area contributed by atoms with Crippen LogP contribution in [0.4, 0.5) is 0 Å². The largest absolute Gasteiger partial charge is 0.370 e. The number of unbranched alkanes of at least 4 members (excludes halogenated alkanes) is 5. The number of nitrogens with zero attached hydrogens (tertiary/aromatic N) is 3. The lowest BCUT2D eigenvalue weighted by Gasteiger charge is -2.28. The highest BCUT2D eigenvalue weighted by Crippen LogP contribution is 2.23. The molecule has 29 nitrogen and oxygen atoms in total. The number of carbonyl (C=O) groups is 8. The van der Waals surface area contributed by atoms with E-state index in [0.717, 1.165) is 64.8 Å². The van der Waals surface area contributed by atoms with Crippen molar-refractivity contribution in [1.82, 2.24) is 52.2 Å². The first kappa shape index (κ1) is 72.9. The zero-order valence-corrected chi connectivity index (χ0v) is 53.5. The summed E-state index contributed by atoms with van der Waals surface area (Å²) in [4.78, 5) is 136. The molecule has 3 aromatic heterocycles. The zero-order chi connectivity index (χ0) is 67.9. The summed E-state index contributed by atoms with van der Waals surface area (Å²) in [6.07, 6.45) is 12.1. The first-order chi connectivity index (χ1) is 45.2. The predicted octanol–water partition coefficient (Wildman–Crippen LogP) is 0.688. The van der Waals surface area contributed by atoms with Crippen molar-refractivity contribution >= 4 is 97.8 Å². The van der Waals surface area contributed by atoms with Crippen molar-refractivity contribution in [3.05, 3.63) is 108 Å². The number of hydrogen-bond acceptors (Lipinski definition) is 12. The number of nitrogens with one attached hydrogen (secondary N) is 10. The number of nitrogens with two attached hydrogens (primary N) is 8. The number of para-hydroxylation sites is 3. The van der Waals surface area contributed by atoms with Crippen LogP contribution in [0.3, 0.4) is 0 Å². The van der Waals surface area contributed by atoms with Gasteiger partial charge in [0.05, 0.1) is 6.04 Å². The molecular weight excluding hydrogens is 1200 g/mol. The summed E-state index contributed by atoms with van der Waals surface area (Å²) >= 11 is 0. The maximum absolute atomic E-state index is 15.2. The highest BCUT2D eigenvalue weighted by atomic mass is 16.2. The lowest BCUT2D eigenvalue weighted by Crippen LogP contribution is -2.60. The highest BCUT2D eigenvalue weighted by molar-refractivity contribution is 5.99. The number of benzene rings is 3. The van der Waals surface area contributed by atoms with E-state index in [4.69, 9.17) is 45.9 Å². The van der Waals surface area contributed by atoms with Gasteiger partial charge in [-0.3, -0.25) is 53.3 Å². The van der Waals surface area contributed by atoms with Gasteiger partial charge in [-0.25, -0.2) is 0 Å². The molecule has 0 bridgehead atoms. The lowest BCUT2D eigenvalue weighted by molar-refractivity contribution is -0.135. The van der Waals surface area contributed by atoms with E-state index in [1.54, 1.807) is 18.6 Å². The zero-order valence-electron chi connectivity index (χ0n) is 53.5. The van der Waals surface area contributed by atoms with Crippen LogP contribution in [0.15, 0.2) is 106 Å². The first-order valence-electron chi connectivity index (χ1n) is 32.2. The predicted molar refractivity (Wildman–Crippen MR) is 365 cm³/mol. The van der Waals surface area contributed by atoms with E-state index in [9.17, 15) is 24.0 Å². The van der Waals surface area contributed by atoms with E-state index in [1.807, 2.05) is 72.8 Å². The summed E-state index contributed by atoms with van der Waals surface area (Å²) < 4.78 is 0. The molecule has 8 amide bonds. The number of H-pyrrole nitrogens is 3.